The van der Waals surface area contributed by atoms with Crippen LogP contribution in [0.3, 0.4) is 0 Å². The van der Waals surface area contributed by atoms with Crippen molar-refractivity contribution in [3.8, 4) is 11.3 Å². The minimum Gasteiger partial charge on any atom is -0.339 e. The number of halogens is 1. The first-order valence-corrected chi connectivity index (χ1v) is 9.95. The van der Waals surface area contributed by atoms with Gasteiger partial charge >= 0.3 is 0 Å². The summed E-state index contributed by atoms with van der Waals surface area (Å²) < 4.78 is 2.07. The van der Waals surface area contributed by atoms with Crippen molar-refractivity contribution < 1.29 is 0 Å². The van der Waals surface area contributed by atoms with Crippen molar-refractivity contribution in [1.82, 2.24) is 14.4 Å². The molecule has 26 heavy (non-hydrogen) atoms. The number of hydrogen-bond acceptors (Lipinski definition) is 4. The summed E-state index contributed by atoms with van der Waals surface area (Å²) in [4.78, 5) is 9.10. The number of nitrogens with zero attached hydrogens (tertiary/aromatic N) is 3. The lowest BCUT2D eigenvalue weighted by molar-refractivity contribution is 1.17. The van der Waals surface area contributed by atoms with Gasteiger partial charge in [0.1, 0.15) is 17.2 Å². The van der Waals surface area contributed by atoms with Crippen LogP contribution >= 0.6 is 23.4 Å². The lowest BCUT2D eigenvalue weighted by Crippen LogP contribution is -1.97. The highest BCUT2D eigenvalue weighted by molar-refractivity contribution is 7.97. The Balaban J connectivity index is 1.85. The lowest BCUT2D eigenvalue weighted by atomic mass is 10.2. The number of anilines is 2. The van der Waals surface area contributed by atoms with Crippen LogP contribution in [0.1, 0.15) is 5.56 Å². The largest absolute Gasteiger partial charge is 0.339 e. The highest BCUT2D eigenvalue weighted by atomic mass is 35.5. The first-order chi connectivity index (χ1) is 12.7. The molecule has 0 radical (unpaired) electrons. The number of rotatable bonds is 5. The highest BCUT2D eigenvalue weighted by Gasteiger charge is 2.15. The van der Waals surface area contributed by atoms with Crippen molar-refractivity contribution in [2.24, 2.45) is 0 Å². The molecule has 0 saturated heterocycles. The average molecular weight is 381 g/mol. The van der Waals surface area contributed by atoms with E-state index in [0.29, 0.717) is 5.02 Å². The zero-order valence-corrected chi connectivity index (χ0v) is 15.8. The van der Waals surface area contributed by atoms with Crippen LogP contribution < -0.4 is 5.32 Å². The predicted molar refractivity (Wildman–Crippen MR) is 110 cm³/mol. The number of thioether (sulfide) groups is 1. The minimum absolute atomic E-state index is 0.711. The number of hydrogen-bond donors (Lipinski definition) is 1. The first-order valence-electron chi connectivity index (χ1n) is 8.17. The van der Waals surface area contributed by atoms with E-state index in [-0.39, 0.29) is 0 Å². The fourth-order valence-corrected chi connectivity index (χ4v) is 3.48. The van der Waals surface area contributed by atoms with Crippen LogP contribution in [-0.4, -0.2) is 20.6 Å². The monoisotopic (exact) mass is 380 g/mol. The molecule has 4 nitrogen and oxygen atoms in total. The molecule has 0 aliphatic rings. The van der Waals surface area contributed by atoms with Crippen LogP contribution in [0.4, 0.5) is 11.5 Å². The quantitative estimate of drug-likeness (QED) is 0.485. The summed E-state index contributed by atoms with van der Waals surface area (Å²) in [5, 5.41) is 4.19. The van der Waals surface area contributed by atoms with Crippen molar-refractivity contribution in [3.05, 3.63) is 77.7 Å². The molecule has 6 heteroatoms. The van der Waals surface area contributed by atoms with E-state index in [9.17, 15) is 0 Å². The SMILES string of the molecule is CSCc1ccn2c(Nc3ccc(Cl)cc3)c(-c3cccnc3)nc2c1. The average Bonchev–Trinajstić information content (AvgIpc) is 3.02. The summed E-state index contributed by atoms with van der Waals surface area (Å²) in [6.07, 6.45) is 7.76. The molecule has 0 fully saturated rings. The van der Waals surface area contributed by atoms with E-state index in [1.807, 2.05) is 42.6 Å². The van der Waals surface area contributed by atoms with Gasteiger partial charge in [-0.1, -0.05) is 11.6 Å². The van der Waals surface area contributed by atoms with Gasteiger partial charge in [-0.2, -0.15) is 11.8 Å². The van der Waals surface area contributed by atoms with Gasteiger partial charge in [-0.25, -0.2) is 4.98 Å². The Hall–Kier alpha value is -2.50. The zero-order chi connectivity index (χ0) is 17.9. The molecule has 1 aromatic carbocycles. The molecule has 0 aliphatic carbocycles. The Morgan fingerprint density at radius 1 is 1.15 bits per heavy atom. The minimum atomic E-state index is 0.711. The van der Waals surface area contributed by atoms with Crippen LogP contribution in [0.5, 0.6) is 0 Å². The summed E-state index contributed by atoms with van der Waals surface area (Å²) in [6, 6.07) is 15.8. The van der Waals surface area contributed by atoms with Gasteiger partial charge in [0.25, 0.3) is 0 Å². The molecule has 0 bridgehead atoms. The standard InChI is InChI=1S/C20H17ClN4S/c1-26-13-14-8-10-25-18(11-14)24-19(15-3-2-9-22-12-15)20(25)23-17-6-4-16(21)5-7-17/h2-12,23H,13H2,1H3. The Bertz CT molecular complexity index is 1030. The van der Waals surface area contributed by atoms with Crippen molar-refractivity contribution in [2.45, 2.75) is 5.75 Å². The van der Waals surface area contributed by atoms with Crippen LogP contribution in [0.15, 0.2) is 67.1 Å². The maximum atomic E-state index is 6.01. The van der Waals surface area contributed by atoms with Crippen LogP contribution in [0.2, 0.25) is 5.02 Å². The van der Waals surface area contributed by atoms with Crippen molar-refractivity contribution in [1.29, 1.82) is 0 Å². The third kappa shape index (κ3) is 3.41. The smallest absolute Gasteiger partial charge is 0.143 e. The van der Waals surface area contributed by atoms with Gasteiger partial charge < -0.3 is 5.32 Å². The van der Waals surface area contributed by atoms with E-state index in [4.69, 9.17) is 16.6 Å². The molecular formula is C20H17ClN4S. The molecule has 0 amide bonds. The Kier molecular flexibility index (Phi) is 4.82. The van der Waals surface area contributed by atoms with Gasteiger partial charge in [-0.15, -0.1) is 0 Å². The van der Waals surface area contributed by atoms with Gasteiger partial charge in [-0.3, -0.25) is 9.38 Å². The fraction of sp³-hybridized carbons (Fsp3) is 0.100. The van der Waals surface area contributed by atoms with Crippen molar-refractivity contribution >= 4 is 40.5 Å². The van der Waals surface area contributed by atoms with E-state index in [1.54, 1.807) is 18.0 Å². The summed E-state index contributed by atoms with van der Waals surface area (Å²) in [5.74, 6) is 1.87. The second-order valence-corrected chi connectivity index (χ2v) is 7.18. The first kappa shape index (κ1) is 16.9. The highest BCUT2D eigenvalue weighted by Crippen LogP contribution is 2.31. The molecule has 4 aromatic rings. The van der Waals surface area contributed by atoms with Crippen molar-refractivity contribution in [2.75, 3.05) is 11.6 Å². The number of fused-ring (bicyclic) bond motifs is 1. The van der Waals surface area contributed by atoms with Gasteiger partial charge in [0.15, 0.2) is 0 Å². The second kappa shape index (κ2) is 7.40. The van der Waals surface area contributed by atoms with Crippen LogP contribution in [0.25, 0.3) is 16.9 Å². The maximum absolute atomic E-state index is 6.01. The van der Waals surface area contributed by atoms with E-state index in [1.165, 1.54) is 5.56 Å². The van der Waals surface area contributed by atoms with Crippen LogP contribution in [-0.2, 0) is 5.75 Å². The van der Waals surface area contributed by atoms with Gasteiger partial charge in [0, 0.05) is 40.6 Å². The lowest BCUT2D eigenvalue weighted by Gasteiger charge is -2.09. The van der Waals surface area contributed by atoms with E-state index in [0.717, 1.165) is 34.2 Å². The number of benzene rings is 1. The van der Waals surface area contributed by atoms with E-state index >= 15 is 0 Å². The van der Waals surface area contributed by atoms with Crippen LogP contribution in [0, 0.1) is 0 Å². The van der Waals surface area contributed by atoms with E-state index in [2.05, 4.69) is 39.3 Å². The Labute approximate surface area is 161 Å². The number of aromatic nitrogens is 3. The Morgan fingerprint density at radius 2 is 2.00 bits per heavy atom. The summed E-state index contributed by atoms with van der Waals surface area (Å²) >= 11 is 7.81. The van der Waals surface area contributed by atoms with Gasteiger partial charge in [0.05, 0.1) is 0 Å². The molecular weight excluding hydrogens is 364 g/mol. The normalized spacial score (nSPS) is 11.0. The number of nitrogens with one attached hydrogen (secondary N) is 1. The van der Waals surface area contributed by atoms with Gasteiger partial charge in [0.2, 0.25) is 0 Å². The molecule has 1 N–H and O–H groups in total. The molecule has 3 aromatic heterocycles. The molecule has 0 aliphatic heterocycles. The molecule has 130 valence electrons. The van der Waals surface area contributed by atoms with Crippen molar-refractivity contribution in [3.63, 3.8) is 0 Å². The summed E-state index contributed by atoms with van der Waals surface area (Å²) in [5.41, 5.74) is 4.96. The topological polar surface area (TPSA) is 42.2 Å². The molecule has 0 saturated carbocycles. The second-order valence-electron chi connectivity index (χ2n) is 5.88. The number of pyridine rings is 2. The molecule has 0 spiro atoms. The number of imidazole rings is 1. The molecule has 4 rings (SSSR count). The van der Waals surface area contributed by atoms with E-state index < -0.39 is 0 Å². The summed E-state index contributed by atoms with van der Waals surface area (Å²) in [7, 11) is 0. The Morgan fingerprint density at radius 3 is 2.73 bits per heavy atom. The molecule has 0 atom stereocenters. The molecule has 0 unspecified atom stereocenters. The zero-order valence-electron chi connectivity index (χ0n) is 14.2. The summed E-state index contributed by atoms with van der Waals surface area (Å²) in [6.45, 7) is 0. The predicted octanol–water partition coefficient (Wildman–Crippen LogP) is 5.66. The fourth-order valence-electron chi connectivity index (χ4n) is 2.84. The third-order valence-electron chi connectivity index (χ3n) is 4.04. The van der Waals surface area contributed by atoms with Gasteiger partial charge in [-0.05, 0) is 60.4 Å². The molecule has 3 heterocycles. The third-order valence-corrected chi connectivity index (χ3v) is 4.92. The maximum Gasteiger partial charge on any atom is 0.143 e.